The molecule has 0 heterocycles. The minimum atomic E-state index is -1.12. The van der Waals surface area contributed by atoms with Gasteiger partial charge in [-0.25, -0.2) is 4.79 Å². The van der Waals surface area contributed by atoms with Crippen LogP contribution in [0.2, 0.25) is 0 Å². The van der Waals surface area contributed by atoms with E-state index >= 15 is 0 Å². The normalized spacial score (nSPS) is 14.2. The first-order valence-electron chi connectivity index (χ1n) is 9.58. The Kier molecular flexibility index (Phi) is 11.8. The lowest BCUT2D eigenvalue weighted by Gasteiger charge is -2.24. The predicted octanol–water partition coefficient (Wildman–Crippen LogP) is -0.486. The molecular formula is C18H36N6O4. The maximum atomic E-state index is 12.6. The van der Waals surface area contributed by atoms with Crippen LogP contribution >= 0.6 is 0 Å². The third kappa shape index (κ3) is 11.4. The molecule has 162 valence electrons. The maximum Gasteiger partial charge on any atom is 0.326 e. The number of carboxylic acids is 1. The number of nitrogens with two attached hydrogens (primary N) is 3. The summed E-state index contributed by atoms with van der Waals surface area (Å²) in [5.74, 6) is -1.90. The molecule has 9 N–H and O–H groups in total. The van der Waals surface area contributed by atoms with Crippen molar-refractivity contribution in [1.29, 1.82) is 0 Å². The Morgan fingerprint density at radius 3 is 1.93 bits per heavy atom. The van der Waals surface area contributed by atoms with Gasteiger partial charge in [-0.05, 0) is 37.5 Å². The Morgan fingerprint density at radius 2 is 1.46 bits per heavy atom. The van der Waals surface area contributed by atoms with Gasteiger partial charge in [0.15, 0.2) is 5.96 Å². The Balaban J connectivity index is 5.12. The number of aliphatic imine (C=N–C) groups is 1. The molecule has 2 amide bonds. The molecule has 0 aromatic carbocycles. The van der Waals surface area contributed by atoms with Crippen molar-refractivity contribution in [2.45, 2.75) is 71.5 Å². The van der Waals surface area contributed by atoms with Crippen LogP contribution in [0, 0.1) is 11.8 Å². The van der Waals surface area contributed by atoms with Gasteiger partial charge in [0.05, 0.1) is 6.04 Å². The number of aliphatic carboxylic acids is 1. The van der Waals surface area contributed by atoms with Crippen molar-refractivity contribution in [2.75, 3.05) is 6.54 Å². The minimum absolute atomic E-state index is 0.0631. The number of hydrogen-bond acceptors (Lipinski definition) is 5. The lowest BCUT2D eigenvalue weighted by molar-refractivity contribution is -0.142. The molecule has 3 atom stereocenters. The zero-order valence-electron chi connectivity index (χ0n) is 17.3. The fraction of sp³-hybridized carbons (Fsp3) is 0.778. The number of carboxylic acid groups (broad SMARTS) is 1. The molecule has 0 unspecified atom stereocenters. The Hall–Kier alpha value is -2.36. The van der Waals surface area contributed by atoms with Crippen LogP contribution in [0.4, 0.5) is 0 Å². The number of carbonyl (C=O) groups excluding carboxylic acids is 2. The van der Waals surface area contributed by atoms with E-state index in [-0.39, 0.29) is 37.2 Å². The third-order valence-corrected chi connectivity index (χ3v) is 3.96. The molecule has 0 saturated heterocycles. The average molecular weight is 401 g/mol. The first-order valence-corrected chi connectivity index (χ1v) is 9.58. The molecule has 0 bridgehead atoms. The van der Waals surface area contributed by atoms with E-state index in [2.05, 4.69) is 15.6 Å². The summed E-state index contributed by atoms with van der Waals surface area (Å²) in [5, 5.41) is 14.5. The number of guanidine groups is 1. The van der Waals surface area contributed by atoms with Gasteiger partial charge in [-0.3, -0.25) is 14.6 Å². The lowest BCUT2D eigenvalue weighted by Crippen LogP contribution is -2.54. The summed E-state index contributed by atoms with van der Waals surface area (Å²) in [6, 6.07) is -2.71. The zero-order chi connectivity index (χ0) is 21.9. The standard InChI is InChI=1S/C18H36N6O4/c1-10(2)8-12(19)15(25)23-13(6-5-7-22-18(20)21)16(26)24-14(17(27)28)9-11(3)4/h10-14H,5-9,19H2,1-4H3,(H,23,25)(H,24,26)(H,27,28)(H4,20,21,22)/t12-,13-,14-/m0/s1. The van der Waals surface area contributed by atoms with Crippen molar-refractivity contribution in [2.24, 2.45) is 34.0 Å². The van der Waals surface area contributed by atoms with Gasteiger partial charge in [-0.2, -0.15) is 0 Å². The summed E-state index contributed by atoms with van der Waals surface area (Å²) in [7, 11) is 0. The number of nitrogens with zero attached hydrogens (tertiary/aromatic N) is 1. The van der Waals surface area contributed by atoms with Gasteiger partial charge in [0.25, 0.3) is 0 Å². The molecule has 0 radical (unpaired) electrons. The maximum absolute atomic E-state index is 12.6. The average Bonchev–Trinajstić information content (AvgIpc) is 2.55. The molecule has 10 nitrogen and oxygen atoms in total. The topological polar surface area (TPSA) is 186 Å². The fourth-order valence-electron chi connectivity index (χ4n) is 2.63. The molecule has 28 heavy (non-hydrogen) atoms. The van der Waals surface area contributed by atoms with Crippen molar-refractivity contribution in [3.63, 3.8) is 0 Å². The number of rotatable bonds is 13. The number of nitrogens with one attached hydrogen (secondary N) is 2. The largest absolute Gasteiger partial charge is 0.480 e. The number of amides is 2. The predicted molar refractivity (Wildman–Crippen MR) is 108 cm³/mol. The van der Waals surface area contributed by atoms with Crippen LogP contribution in [-0.4, -0.2) is 53.5 Å². The Morgan fingerprint density at radius 1 is 0.929 bits per heavy atom. The third-order valence-electron chi connectivity index (χ3n) is 3.96. The molecule has 0 saturated carbocycles. The van der Waals surface area contributed by atoms with E-state index in [1.807, 2.05) is 27.7 Å². The second-order valence-electron chi connectivity index (χ2n) is 7.77. The van der Waals surface area contributed by atoms with Crippen LogP contribution in [-0.2, 0) is 14.4 Å². The van der Waals surface area contributed by atoms with E-state index in [1.54, 1.807) is 0 Å². The van der Waals surface area contributed by atoms with E-state index in [0.717, 1.165) is 0 Å². The highest BCUT2D eigenvalue weighted by atomic mass is 16.4. The van der Waals surface area contributed by atoms with E-state index < -0.39 is 35.9 Å². The van der Waals surface area contributed by atoms with E-state index in [1.165, 1.54) is 0 Å². The van der Waals surface area contributed by atoms with Gasteiger partial charge in [-0.15, -0.1) is 0 Å². The molecule has 10 heteroatoms. The van der Waals surface area contributed by atoms with Crippen molar-refractivity contribution in [1.82, 2.24) is 10.6 Å². The van der Waals surface area contributed by atoms with E-state index in [9.17, 15) is 19.5 Å². The first kappa shape index (κ1) is 25.6. The van der Waals surface area contributed by atoms with Gasteiger partial charge in [0, 0.05) is 6.54 Å². The summed E-state index contributed by atoms with van der Waals surface area (Å²) in [6.07, 6.45) is 1.43. The Bertz CT molecular complexity index is 546. The zero-order valence-corrected chi connectivity index (χ0v) is 17.3. The molecular weight excluding hydrogens is 364 g/mol. The van der Waals surface area contributed by atoms with Crippen molar-refractivity contribution < 1.29 is 19.5 Å². The van der Waals surface area contributed by atoms with Gasteiger partial charge < -0.3 is 32.9 Å². The molecule has 0 aliphatic rings. The number of hydrogen-bond donors (Lipinski definition) is 6. The second-order valence-corrected chi connectivity index (χ2v) is 7.77. The smallest absolute Gasteiger partial charge is 0.326 e. The highest BCUT2D eigenvalue weighted by molar-refractivity contribution is 5.91. The SMILES string of the molecule is CC(C)C[C@H](NC(=O)[C@H](CCCN=C(N)N)NC(=O)[C@@H](N)CC(C)C)C(=O)O. The summed E-state index contributed by atoms with van der Waals surface area (Å²) in [5.41, 5.74) is 16.4. The molecule has 0 fully saturated rings. The van der Waals surface area contributed by atoms with E-state index in [4.69, 9.17) is 17.2 Å². The summed E-state index contributed by atoms with van der Waals surface area (Å²) in [6.45, 7) is 7.89. The molecule has 0 aromatic heterocycles. The summed E-state index contributed by atoms with van der Waals surface area (Å²) in [4.78, 5) is 40.2. The fourth-order valence-corrected chi connectivity index (χ4v) is 2.63. The quantitative estimate of drug-likeness (QED) is 0.137. The minimum Gasteiger partial charge on any atom is -0.480 e. The van der Waals surface area contributed by atoms with Gasteiger partial charge in [0.2, 0.25) is 11.8 Å². The Labute approximate surface area is 166 Å². The second kappa shape index (κ2) is 12.9. The van der Waals surface area contributed by atoms with Crippen LogP contribution in [0.15, 0.2) is 4.99 Å². The first-order chi connectivity index (χ1) is 12.9. The lowest BCUT2D eigenvalue weighted by atomic mass is 10.0. The van der Waals surface area contributed by atoms with Gasteiger partial charge >= 0.3 is 5.97 Å². The monoisotopic (exact) mass is 400 g/mol. The molecule has 0 spiro atoms. The van der Waals surface area contributed by atoms with Crippen LogP contribution in [0.5, 0.6) is 0 Å². The molecule has 0 rings (SSSR count). The summed E-state index contributed by atoms with van der Waals surface area (Å²) >= 11 is 0. The van der Waals surface area contributed by atoms with E-state index in [0.29, 0.717) is 12.8 Å². The van der Waals surface area contributed by atoms with Crippen molar-refractivity contribution in [3.8, 4) is 0 Å². The number of carbonyl (C=O) groups is 3. The highest BCUT2D eigenvalue weighted by Gasteiger charge is 2.28. The van der Waals surface area contributed by atoms with Crippen molar-refractivity contribution in [3.05, 3.63) is 0 Å². The van der Waals surface area contributed by atoms with Gasteiger partial charge in [-0.1, -0.05) is 27.7 Å². The molecule has 0 aliphatic carbocycles. The molecule has 0 aromatic rings. The van der Waals surface area contributed by atoms with Gasteiger partial charge in [0.1, 0.15) is 12.1 Å². The summed E-state index contributed by atoms with van der Waals surface area (Å²) < 4.78 is 0. The van der Waals surface area contributed by atoms with Crippen LogP contribution in [0.3, 0.4) is 0 Å². The van der Waals surface area contributed by atoms with Crippen LogP contribution < -0.4 is 27.8 Å². The molecule has 0 aliphatic heterocycles. The van der Waals surface area contributed by atoms with Crippen LogP contribution in [0.1, 0.15) is 53.4 Å². The van der Waals surface area contributed by atoms with Crippen LogP contribution in [0.25, 0.3) is 0 Å². The highest BCUT2D eigenvalue weighted by Crippen LogP contribution is 2.08. The van der Waals surface area contributed by atoms with Crippen molar-refractivity contribution >= 4 is 23.7 Å².